The Labute approximate surface area is 104 Å². The first-order valence-corrected chi connectivity index (χ1v) is 5.22. The Morgan fingerprint density at radius 3 is 2.72 bits per heavy atom. The SMILES string of the molecule is N#Cc1ccc(Nc2cccc(C(N)=O)c2)cn1. The largest absolute Gasteiger partial charge is 0.366 e. The van der Waals surface area contributed by atoms with E-state index in [9.17, 15) is 4.79 Å². The van der Waals surface area contributed by atoms with Crippen LogP contribution in [0.3, 0.4) is 0 Å². The first-order chi connectivity index (χ1) is 8.69. The molecular formula is C13H10N4O. The Hall–Kier alpha value is -2.87. The molecule has 0 saturated heterocycles. The van der Waals surface area contributed by atoms with Crippen LogP contribution in [0.1, 0.15) is 16.1 Å². The van der Waals surface area contributed by atoms with Crippen molar-refractivity contribution in [1.29, 1.82) is 5.26 Å². The molecule has 5 nitrogen and oxygen atoms in total. The van der Waals surface area contributed by atoms with Gasteiger partial charge in [0.25, 0.3) is 0 Å². The van der Waals surface area contributed by atoms with E-state index < -0.39 is 5.91 Å². The number of rotatable bonds is 3. The van der Waals surface area contributed by atoms with E-state index >= 15 is 0 Å². The van der Waals surface area contributed by atoms with Crippen molar-refractivity contribution in [3.63, 3.8) is 0 Å². The molecule has 1 amide bonds. The van der Waals surface area contributed by atoms with Crippen molar-refractivity contribution >= 4 is 17.3 Å². The molecule has 1 heterocycles. The van der Waals surface area contributed by atoms with Gasteiger partial charge in [0.15, 0.2) is 0 Å². The highest BCUT2D eigenvalue weighted by molar-refractivity contribution is 5.93. The number of benzene rings is 1. The van der Waals surface area contributed by atoms with Gasteiger partial charge in [0.1, 0.15) is 11.8 Å². The number of primary amides is 1. The highest BCUT2D eigenvalue weighted by Crippen LogP contribution is 2.16. The van der Waals surface area contributed by atoms with Gasteiger partial charge in [0.2, 0.25) is 5.91 Å². The molecule has 0 radical (unpaired) electrons. The van der Waals surface area contributed by atoms with Crippen LogP contribution in [-0.2, 0) is 0 Å². The second kappa shape index (κ2) is 4.97. The smallest absolute Gasteiger partial charge is 0.248 e. The summed E-state index contributed by atoms with van der Waals surface area (Å²) in [6.45, 7) is 0. The summed E-state index contributed by atoms with van der Waals surface area (Å²) in [6, 6.07) is 12.1. The summed E-state index contributed by atoms with van der Waals surface area (Å²) < 4.78 is 0. The number of nitrogens with zero attached hydrogens (tertiary/aromatic N) is 2. The maximum atomic E-state index is 11.0. The van der Waals surface area contributed by atoms with E-state index in [4.69, 9.17) is 11.0 Å². The number of carbonyl (C=O) groups excluding carboxylic acids is 1. The topological polar surface area (TPSA) is 91.8 Å². The van der Waals surface area contributed by atoms with E-state index in [1.54, 1.807) is 36.5 Å². The van der Waals surface area contributed by atoms with Gasteiger partial charge in [-0.2, -0.15) is 5.26 Å². The Morgan fingerprint density at radius 2 is 2.11 bits per heavy atom. The standard InChI is InChI=1S/C13H10N4O/c14-7-11-4-5-12(8-16-11)17-10-3-1-2-9(6-10)13(15)18/h1-6,8,17H,(H2,15,18). The molecule has 2 rings (SSSR count). The summed E-state index contributed by atoms with van der Waals surface area (Å²) in [6.07, 6.45) is 1.55. The van der Waals surface area contributed by atoms with Crippen LogP contribution in [-0.4, -0.2) is 10.9 Å². The highest BCUT2D eigenvalue weighted by atomic mass is 16.1. The van der Waals surface area contributed by atoms with Crippen LogP contribution in [0.5, 0.6) is 0 Å². The molecular weight excluding hydrogens is 228 g/mol. The minimum atomic E-state index is -0.475. The van der Waals surface area contributed by atoms with Crippen LogP contribution < -0.4 is 11.1 Å². The van der Waals surface area contributed by atoms with E-state index in [1.807, 2.05) is 12.1 Å². The Bertz CT molecular complexity index is 614. The fourth-order valence-electron chi connectivity index (χ4n) is 1.45. The van der Waals surface area contributed by atoms with Crippen molar-refractivity contribution in [2.24, 2.45) is 5.73 Å². The van der Waals surface area contributed by atoms with E-state index in [1.165, 1.54) is 0 Å². The van der Waals surface area contributed by atoms with Crippen molar-refractivity contribution in [2.45, 2.75) is 0 Å². The summed E-state index contributed by atoms with van der Waals surface area (Å²) in [5.41, 5.74) is 7.45. The van der Waals surface area contributed by atoms with Crippen LogP contribution in [0, 0.1) is 11.3 Å². The van der Waals surface area contributed by atoms with Crippen molar-refractivity contribution in [1.82, 2.24) is 4.98 Å². The molecule has 0 aliphatic rings. The maximum Gasteiger partial charge on any atom is 0.248 e. The number of nitrogens with one attached hydrogen (secondary N) is 1. The molecule has 1 aromatic carbocycles. The van der Waals surface area contributed by atoms with Gasteiger partial charge >= 0.3 is 0 Å². The number of anilines is 2. The van der Waals surface area contributed by atoms with Crippen LogP contribution >= 0.6 is 0 Å². The van der Waals surface area contributed by atoms with Crippen LogP contribution in [0.15, 0.2) is 42.6 Å². The summed E-state index contributed by atoms with van der Waals surface area (Å²) in [5, 5.41) is 11.7. The molecule has 3 N–H and O–H groups in total. The molecule has 0 saturated carbocycles. The second-order valence-corrected chi connectivity index (χ2v) is 3.61. The predicted molar refractivity (Wildman–Crippen MR) is 67.2 cm³/mol. The van der Waals surface area contributed by atoms with Gasteiger partial charge in [-0.3, -0.25) is 4.79 Å². The highest BCUT2D eigenvalue weighted by Gasteiger charge is 2.01. The molecule has 0 spiro atoms. The lowest BCUT2D eigenvalue weighted by Gasteiger charge is -2.06. The Kier molecular flexibility index (Phi) is 3.21. The molecule has 0 aliphatic heterocycles. The lowest BCUT2D eigenvalue weighted by atomic mass is 10.2. The zero-order valence-electron chi connectivity index (χ0n) is 9.42. The first-order valence-electron chi connectivity index (χ1n) is 5.22. The number of aromatic nitrogens is 1. The van der Waals surface area contributed by atoms with Crippen LogP contribution in [0.4, 0.5) is 11.4 Å². The fourth-order valence-corrected chi connectivity index (χ4v) is 1.45. The molecule has 0 fully saturated rings. The number of pyridine rings is 1. The van der Waals surface area contributed by atoms with Crippen molar-refractivity contribution < 1.29 is 4.79 Å². The molecule has 18 heavy (non-hydrogen) atoms. The molecule has 0 aliphatic carbocycles. The van der Waals surface area contributed by atoms with Crippen molar-refractivity contribution in [3.05, 3.63) is 53.9 Å². The number of hydrogen-bond acceptors (Lipinski definition) is 4. The molecule has 5 heteroatoms. The monoisotopic (exact) mass is 238 g/mol. The van der Waals surface area contributed by atoms with Crippen LogP contribution in [0.2, 0.25) is 0 Å². The number of hydrogen-bond donors (Lipinski definition) is 2. The molecule has 0 unspecified atom stereocenters. The third-order valence-corrected chi connectivity index (χ3v) is 2.31. The van der Waals surface area contributed by atoms with E-state index in [-0.39, 0.29) is 0 Å². The number of amides is 1. The normalized spacial score (nSPS) is 9.50. The predicted octanol–water partition coefficient (Wildman–Crippen LogP) is 1.80. The van der Waals surface area contributed by atoms with E-state index in [2.05, 4.69) is 10.3 Å². The number of nitrogens with two attached hydrogens (primary N) is 1. The Balaban J connectivity index is 2.20. The third-order valence-electron chi connectivity index (χ3n) is 2.31. The van der Waals surface area contributed by atoms with Gasteiger partial charge in [-0.15, -0.1) is 0 Å². The lowest BCUT2D eigenvalue weighted by Crippen LogP contribution is -2.10. The summed E-state index contributed by atoms with van der Waals surface area (Å²) in [5.74, 6) is -0.475. The zero-order chi connectivity index (χ0) is 13.0. The van der Waals surface area contributed by atoms with Crippen molar-refractivity contribution in [3.8, 4) is 6.07 Å². The molecule has 88 valence electrons. The Morgan fingerprint density at radius 1 is 1.28 bits per heavy atom. The zero-order valence-corrected chi connectivity index (χ0v) is 9.42. The quantitative estimate of drug-likeness (QED) is 0.852. The number of carbonyl (C=O) groups is 1. The molecule has 2 aromatic rings. The maximum absolute atomic E-state index is 11.0. The van der Waals surface area contributed by atoms with Crippen molar-refractivity contribution in [2.75, 3.05) is 5.32 Å². The van der Waals surface area contributed by atoms with Gasteiger partial charge < -0.3 is 11.1 Å². The summed E-state index contributed by atoms with van der Waals surface area (Å²) in [7, 11) is 0. The van der Waals surface area contributed by atoms with Gasteiger partial charge in [-0.1, -0.05) is 6.07 Å². The average molecular weight is 238 g/mol. The number of nitriles is 1. The average Bonchev–Trinajstić information content (AvgIpc) is 2.40. The fraction of sp³-hybridized carbons (Fsp3) is 0. The lowest BCUT2D eigenvalue weighted by molar-refractivity contribution is 0.100. The molecule has 0 atom stereocenters. The van der Waals surface area contributed by atoms with Gasteiger partial charge in [0.05, 0.1) is 11.9 Å². The molecule has 1 aromatic heterocycles. The third kappa shape index (κ3) is 2.62. The van der Waals surface area contributed by atoms with E-state index in [0.717, 1.165) is 11.4 Å². The molecule has 0 bridgehead atoms. The van der Waals surface area contributed by atoms with Crippen LogP contribution in [0.25, 0.3) is 0 Å². The van der Waals surface area contributed by atoms with Gasteiger partial charge in [-0.05, 0) is 30.3 Å². The summed E-state index contributed by atoms with van der Waals surface area (Å²) in [4.78, 5) is 15.0. The second-order valence-electron chi connectivity index (χ2n) is 3.61. The minimum absolute atomic E-state index is 0.353. The van der Waals surface area contributed by atoms with E-state index in [0.29, 0.717) is 11.3 Å². The van der Waals surface area contributed by atoms with Gasteiger partial charge in [0, 0.05) is 11.3 Å². The van der Waals surface area contributed by atoms with Gasteiger partial charge in [-0.25, -0.2) is 4.98 Å². The minimum Gasteiger partial charge on any atom is -0.366 e. The summed E-state index contributed by atoms with van der Waals surface area (Å²) >= 11 is 0. The first kappa shape index (κ1) is 11.6.